The Morgan fingerprint density at radius 2 is 2.00 bits per heavy atom. The van der Waals surface area contributed by atoms with Crippen LogP contribution in [0.4, 0.5) is 0 Å². The predicted octanol–water partition coefficient (Wildman–Crippen LogP) is 3.12. The van der Waals surface area contributed by atoms with E-state index in [0.717, 1.165) is 24.3 Å². The van der Waals surface area contributed by atoms with Crippen LogP contribution in [-0.4, -0.2) is 11.7 Å². The molecule has 0 bridgehead atoms. The van der Waals surface area contributed by atoms with Crippen molar-refractivity contribution in [2.45, 2.75) is 50.5 Å². The third kappa shape index (κ3) is 2.08. The Labute approximate surface area is 109 Å². The maximum absolute atomic E-state index is 10.7. The van der Waals surface area contributed by atoms with Crippen molar-refractivity contribution in [2.24, 2.45) is 11.1 Å². The van der Waals surface area contributed by atoms with Crippen LogP contribution in [0.5, 0.6) is 0 Å². The molecule has 0 aliphatic heterocycles. The standard InChI is InChI=1S/C16H23NO/c17-11-16(8-1-2-9-16)15(18)14-5-3-4-13(10-14)12-6-7-12/h3-5,10,12,15,18H,1-2,6-9,11,17H2. The minimum Gasteiger partial charge on any atom is -0.388 e. The van der Waals surface area contributed by atoms with Gasteiger partial charge in [0.15, 0.2) is 0 Å². The van der Waals surface area contributed by atoms with E-state index in [2.05, 4.69) is 24.3 Å². The summed E-state index contributed by atoms with van der Waals surface area (Å²) in [6.07, 6.45) is 6.77. The molecule has 98 valence electrons. The Bertz CT molecular complexity index is 419. The van der Waals surface area contributed by atoms with Gasteiger partial charge < -0.3 is 10.8 Å². The first-order valence-corrected chi connectivity index (χ1v) is 7.23. The topological polar surface area (TPSA) is 46.2 Å². The lowest BCUT2D eigenvalue weighted by Gasteiger charge is -2.33. The first-order chi connectivity index (χ1) is 8.75. The summed E-state index contributed by atoms with van der Waals surface area (Å²) in [7, 11) is 0. The molecule has 2 aliphatic carbocycles. The minimum atomic E-state index is -0.385. The molecule has 3 rings (SSSR count). The van der Waals surface area contributed by atoms with Crippen molar-refractivity contribution in [2.75, 3.05) is 6.54 Å². The van der Waals surface area contributed by atoms with Crippen molar-refractivity contribution < 1.29 is 5.11 Å². The summed E-state index contributed by atoms with van der Waals surface area (Å²) < 4.78 is 0. The SMILES string of the molecule is NCC1(C(O)c2cccc(C3CC3)c2)CCCC1. The molecule has 0 aromatic heterocycles. The van der Waals surface area contributed by atoms with Crippen molar-refractivity contribution in [1.82, 2.24) is 0 Å². The monoisotopic (exact) mass is 245 g/mol. The predicted molar refractivity (Wildman–Crippen MR) is 73.3 cm³/mol. The van der Waals surface area contributed by atoms with Gasteiger partial charge in [-0.1, -0.05) is 37.1 Å². The lowest BCUT2D eigenvalue weighted by molar-refractivity contribution is 0.0333. The van der Waals surface area contributed by atoms with Gasteiger partial charge in [0.1, 0.15) is 0 Å². The van der Waals surface area contributed by atoms with Gasteiger partial charge in [-0.15, -0.1) is 0 Å². The van der Waals surface area contributed by atoms with E-state index in [1.807, 2.05) is 0 Å². The highest BCUT2D eigenvalue weighted by molar-refractivity contribution is 5.31. The van der Waals surface area contributed by atoms with Crippen LogP contribution in [0.25, 0.3) is 0 Å². The summed E-state index contributed by atoms with van der Waals surface area (Å²) in [5.41, 5.74) is 8.37. The second-order valence-electron chi connectivity index (χ2n) is 6.12. The number of rotatable bonds is 4. The lowest BCUT2D eigenvalue weighted by atomic mass is 9.77. The Hall–Kier alpha value is -0.860. The van der Waals surface area contributed by atoms with Gasteiger partial charge in [-0.05, 0) is 42.7 Å². The second kappa shape index (κ2) is 4.67. The molecule has 3 N–H and O–H groups in total. The third-order valence-corrected chi connectivity index (χ3v) is 4.86. The van der Waals surface area contributed by atoms with Crippen LogP contribution in [0.15, 0.2) is 24.3 Å². The smallest absolute Gasteiger partial charge is 0.0858 e. The fraction of sp³-hybridized carbons (Fsp3) is 0.625. The Balaban J connectivity index is 1.86. The zero-order chi connectivity index (χ0) is 12.6. The summed E-state index contributed by atoms with van der Waals surface area (Å²) in [6.45, 7) is 0.599. The van der Waals surface area contributed by atoms with E-state index in [1.165, 1.54) is 31.2 Å². The van der Waals surface area contributed by atoms with Gasteiger partial charge in [0, 0.05) is 12.0 Å². The quantitative estimate of drug-likeness (QED) is 0.856. The fourth-order valence-electron chi connectivity index (χ4n) is 3.42. The first kappa shape index (κ1) is 12.2. The summed E-state index contributed by atoms with van der Waals surface area (Å²) in [5.74, 6) is 0.745. The molecule has 2 heteroatoms. The van der Waals surface area contributed by atoms with Gasteiger partial charge in [0.05, 0.1) is 6.10 Å². The maximum Gasteiger partial charge on any atom is 0.0858 e. The molecule has 2 fully saturated rings. The van der Waals surface area contributed by atoms with Crippen molar-refractivity contribution in [1.29, 1.82) is 0 Å². The highest BCUT2D eigenvalue weighted by atomic mass is 16.3. The lowest BCUT2D eigenvalue weighted by Crippen LogP contribution is -2.34. The first-order valence-electron chi connectivity index (χ1n) is 7.23. The summed E-state index contributed by atoms with van der Waals surface area (Å²) in [6, 6.07) is 8.55. The van der Waals surface area contributed by atoms with Crippen molar-refractivity contribution in [3.8, 4) is 0 Å². The Morgan fingerprint density at radius 3 is 2.61 bits per heavy atom. The summed E-state index contributed by atoms with van der Waals surface area (Å²) >= 11 is 0. The van der Waals surface area contributed by atoms with Crippen LogP contribution in [0, 0.1) is 5.41 Å². The van der Waals surface area contributed by atoms with Gasteiger partial charge in [0.2, 0.25) is 0 Å². The minimum absolute atomic E-state index is 0.0673. The largest absolute Gasteiger partial charge is 0.388 e. The van der Waals surface area contributed by atoms with E-state index in [1.54, 1.807) is 0 Å². The molecule has 1 aromatic rings. The summed E-state index contributed by atoms with van der Waals surface area (Å²) in [4.78, 5) is 0. The van der Waals surface area contributed by atoms with Crippen LogP contribution < -0.4 is 5.73 Å². The highest BCUT2D eigenvalue weighted by Crippen LogP contribution is 2.48. The van der Waals surface area contributed by atoms with Gasteiger partial charge in [-0.2, -0.15) is 0 Å². The van der Waals surface area contributed by atoms with E-state index < -0.39 is 0 Å². The average molecular weight is 245 g/mol. The van der Waals surface area contributed by atoms with E-state index >= 15 is 0 Å². The molecule has 1 unspecified atom stereocenters. The fourth-order valence-corrected chi connectivity index (χ4v) is 3.42. The molecule has 2 saturated carbocycles. The normalized spacial score (nSPS) is 24.1. The zero-order valence-electron chi connectivity index (χ0n) is 10.9. The summed E-state index contributed by atoms with van der Waals surface area (Å²) in [5, 5.41) is 10.7. The van der Waals surface area contributed by atoms with Gasteiger partial charge in [-0.3, -0.25) is 0 Å². The zero-order valence-corrected chi connectivity index (χ0v) is 10.9. The Morgan fingerprint density at radius 1 is 1.28 bits per heavy atom. The number of nitrogens with two attached hydrogens (primary N) is 1. The third-order valence-electron chi connectivity index (χ3n) is 4.86. The van der Waals surface area contributed by atoms with E-state index in [4.69, 9.17) is 5.73 Å². The average Bonchev–Trinajstić information content (AvgIpc) is 3.16. The Kier molecular flexibility index (Phi) is 3.16. The van der Waals surface area contributed by atoms with Gasteiger partial charge in [-0.25, -0.2) is 0 Å². The van der Waals surface area contributed by atoms with E-state index in [0.29, 0.717) is 6.54 Å². The van der Waals surface area contributed by atoms with Crippen LogP contribution >= 0.6 is 0 Å². The van der Waals surface area contributed by atoms with Crippen molar-refractivity contribution in [3.05, 3.63) is 35.4 Å². The number of aliphatic hydroxyl groups is 1. The highest BCUT2D eigenvalue weighted by Gasteiger charge is 2.40. The van der Waals surface area contributed by atoms with Crippen molar-refractivity contribution >= 4 is 0 Å². The number of aliphatic hydroxyl groups excluding tert-OH is 1. The molecule has 0 heterocycles. The van der Waals surface area contributed by atoms with Crippen LogP contribution in [0.2, 0.25) is 0 Å². The van der Waals surface area contributed by atoms with Crippen LogP contribution in [0.3, 0.4) is 0 Å². The van der Waals surface area contributed by atoms with E-state index in [9.17, 15) is 5.11 Å². The molecule has 18 heavy (non-hydrogen) atoms. The molecule has 0 amide bonds. The number of hydrogen-bond acceptors (Lipinski definition) is 2. The number of benzene rings is 1. The van der Waals surface area contributed by atoms with Crippen LogP contribution in [0.1, 0.15) is 61.7 Å². The van der Waals surface area contributed by atoms with Gasteiger partial charge >= 0.3 is 0 Å². The molecule has 1 aromatic carbocycles. The van der Waals surface area contributed by atoms with E-state index in [-0.39, 0.29) is 11.5 Å². The molecular formula is C16H23NO. The molecule has 2 aliphatic rings. The molecule has 0 radical (unpaired) electrons. The molecule has 0 spiro atoms. The molecule has 0 saturated heterocycles. The van der Waals surface area contributed by atoms with Crippen LogP contribution in [-0.2, 0) is 0 Å². The maximum atomic E-state index is 10.7. The molecular weight excluding hydrogens is 222 g/mol. The molecule has 1 atom stereocenters. The number of hydrogen-bond donors (Lipinski definition) is 2. The second-order valence-corrected chi connectivity index (χ2v) is 6.12. The molecule has 2 nitrogen and oxygen atoms in total. The van der Waals surface area contributed by atoms with Gasteiger partial charge in [0.25, 0.3) is 0 Å². The van der Waals surface area contributed by atoms with Crippen molar-refractivity contribution in [3.63, 3.8) is 0 Å².